The van der Waals surface area contributed by atoms with Crippen LogP contribution in [0, 0.1) is 5.82 Å². The summed E-state index contributed by atoms with van der Waals surface area (Å²) in [5.41, 5.74) is 1.67. The van der Waals surface area contributed by atoms with Gasteiger partial charge in [-0.15, -0.1) is 0 Å². The Morgan fingerprint density at radius 3 is 2.62 bits per heavy atom. The maximum absolute atomic E-state index is 13.3. The Balaban J connectivity index is 1.55. The van der Waals surface area contributed by atoms with Crippen molar-refractivity contribution in [3.63, 3.8) is 0 Å². The van der Waals surface area contributed by atoms with Crippen molar-refractivity contribution in [3.8, 4) is 0 Å². The van der Waals surface area contributed by atoms with Gasteiger partial charge in [0.05, 0.1) is 0 Å². The van der Waals surface area contributed by atoms with Gasteiger partial charge in [0.25, 0.3) is 5.91 Å². The van der Waals surface area contributed by atoms with Crippen molar-refractivity contribution in [2.24, 2.45) is 0 Å². The molecule has 0 atom stereocenters. The molecule has 0 spiro atoms. The van der Waals surface area contributed by atoms with Crippen LogP contribution < -0.4 is 0 Å². The van der Waals surface area contributed by atoms with E-state index in [4.69, 9.17) is 0 Å². The molecule has 0 saturated carbocycles. The van der Waals surface area contributed by atoms with Crippen molar-refractivity contribution in [2.75, 3.05) is 20.1 Å². The Morgan fingerprint density at radius 2 is 1.96 bits per heavy atom. The van der Waals surface area contributed by atoms with E-state index in [0.717, 1.165) is 32.5 Å². The lowest BCUT2D eigenvalue weighted by atomic mass is 10.0. The molecule has 1 saturated heterocycles. The van der Waals surface area contributed by atoms with Crippen LogP contribution in [-0.4, -0.2) is 46.9 Å². The molecule has 1 amide bonds. The number of halogens is 1. The number of carbonyl (C=O) groups is 1. The zero-order chi connectivity index (χ0) is 16.9. The lowest BCUT2D eigenvalue weighted by Crippen LogP contribution is -2.45. The molecular formula is C19H22FN3O. The topological polar surface area (TPSA) is 36.4 Å². The summed E-state index contributed by atoms with van der Waals surface area (Å²) in [6.07, 6.45) is 5.49. The number of pyridine rings is 1. The molecule has 1 aliphatic rings. The third kappa shape index (κ3) is 3.97. The Morgan fingerprint density at radius 1 is 1.25 bits per heavy atom. The van der Waals surface area contributed by atoms with Crippen molar-refractivity contribution in [1.29, 1.82) is 0 Å². The highest BCUT2D eigenvalue weighted by molar-refractivity contribution is 5.94. The highest BCUT2D eigenvalue weighted by atomic mass is 19.1. The zero-order valence-electron chi connectivity index (χ0n) is 13.9. The first kappa shape index (κ1) is 16.6. The van der Waals surface area contributed by atoms with Crippen molar-refractivity contribution in [2.45, 2.75) is 25.4 Å². The fraction of sp³-hybridized carbons (Fsp3) is 0.368. The van der Waals surface area contributed by atoms with Gasteiger partial charge in [-0.2, -0.15) is 0 Å². The Kier molecular flexibility index (Phi) is 5.20. The number of amides is 1. The van der Waals surface area contributed by atoms with Gasteiger partial charge in [-0.05, 0) is 48.7 Å². The smallest absolute Gasteiger partial charge is 0.253 e. The van der Waals surface area contributed by atoms with Crippen molar-refractivity contribution < 1.29 is 9.18 Å². The second kappa shape index (κ2) is 7.53. The molecule has 0 bridgehead atoms. The number of hydrogen-bond acceptors (Lipinski definition) is 3. The Hall–Kier alpha value is -2.27. The number of hydrogen-bond donors (Lipinski definition) is 0. The molecule has 0 unspecified atom stereocenters. The van der Waals surface area contributed by atoms with E-state index in [9.17, 15) is 9.18 Å². The molecule has 4 nitrogen and oxygen atoms in total. The molecule has 1 aromatic carbocycles. The number of benzene rings is 1. The summed E-state index contributed by atoms with van der Waals surface area (Å²) in [7, 11) is 1.82. The van der Waals surface area contributed by atoms with Crippen LogP contribution in [0.5, 0.6) is 0 Å². The minimum absolute atomic E-state index is 0.109. The number of carbonyl (C=O) groups excluding carboxylic acids is 1. The lowest BCUT2D eigenvalue weighted by Gasteiger charge is -2.36. The van der Waals surface area contributed by atoms with Crippen molar-refractivity contribution in [1.82, 2.24) is 14.8 Å². The molecule has 5 heteroatoms. The monoisotopic (exact) mass is 327 g/mol. The zero-order valence-corrected chi connectivity index (χ0v) is 13.9. The first-order valence-electron chi connectivity index (χ1n) is 8.27. The summed E-state index contributed by atoms with van der Waals surface area (Å²) in [6.45, 7) is 2.82. The second-order valence-corrected chi connectivity index (χ2v) is 6.29. The van der Waals surface area contributed by atoms with E-state index in [1.807, 2.05) is 31.6 Å². The Labute approximate surface area is 141 Å². The van der Waals surface area contributed by atoms with E-state index >= 15 is 0 Å². The molecule has 1 fully saturated rings. The first-order chi connectivity index (χ1) is 11.6. The normalized spacial score (nSPS) is 16.1. The van der Waals surface area contributed by atoms with Crippen LogP contribution in [0.2, 0.25) is 0 Å². The fourth-order valence-corrected chi connectivity index (χ4v) is 3.20. The summed E-state index contributed by atoms with van der Waals surface area (Å²) in [4.78, 5) is 20.7. The van der Waals surface area contributed by atoms with E-state index < -0.39 is 0 Å². The summed E-state index contributed by atoms with van der Waals surface area (Å²) in [5.74, 6) is -0.483. The van der Waals surface area contributed by atoms with Crippen molar-refractivity contribution in [3.05, 3.63) is 65.7 Å². The van der Waals surface area contributed by atoms with E-state index in [-0.39, 0.29) is 17.8 Å². The summed E-state index contributed by atoms with van der Waals surface area (Å²) in [5, 5.41) is 0. The summed E-state index contributed by atoms with van der Waals surface area (Å²) < 4.78 is 13.3. The van der Waals surface area contributed by atoms with Gasteiger partial charge < -0.3 is 4.90 Å². The van der Waals surface area contributed by atoms with Gasteiger partial charge in [0.15, 0.2) is 0 Å². The summed E-state index contributed by atoms with van der Waals surface area (Å²) >= 11 is 0. The van der Waals surface area contributed by atoms with Gasteiger partial charge in [0.1, 0.15) is 5.82 Å². The minimum atomic E-state index is -0.374. The van der Waals surface area contributed by atoms with Crippen LogP contribution in [0.1, 0.15) is 28.8 Å². The minimum Gasteiger partial charge on any atom is -0.339 e. The molecule has 126 valence electrons. The van der Waals surface area contributed by atoms with Crippen LogP contribution in [0.3, 0.4) is 0 Å². The van der Waals surface area contributed by atoms with E-state index in [1.165, 1.54) is 17.7 Å². The third-order valence-corrected chi connectivity index (χ3v) is 4.65. The number of likely N-dealkylation sites (tertiary alicyclic amines) is 1. The maximum atomic E-state index is 13.3. The Bertz CT molecular complexity index is 684. The van der Waals surface area contributed by atoms with Gasteiger partial charge in [-0.3, -0.25) is 14.7 Å². The van der Waals surface area contributed by atoms with Gasteiger partial charge in [-0.25, -0.2) is 4.39 Å². The number of aromatic nitrogens is 1. The van der Waals surface area contributed by atoms with E-state index in [2.05, 4.69) is 9.88 Å². The van der Waals surface area contributed by atoms with E-state index in [0.29, 0.717) is 5.56 Å². The molecule has 2 heterocycles. The van der Waals surface area contributed by atoms with Crippen LogP contribution in [0.25, 0.3) is 0 Å². The molecule has 24 heavy (non-hydrogen) atoms. The quantitative estimate of drug-likeness (QED) is 0.866. The van der Waals surface area contributed by atoms with E-state index in [1.54, 1.807) is 17.0 Å². The van der Waals surface area contributed by atoms with Gasteiger partial charge >= 0.3 is 0 Å². The molecule has 0 N–H and O–H groups in total. The molecule has 0 aliphatic carbocycles. The van der Waals surface area contributed by atoms with Crippen molar-refractivity contribution >= 4 is 5.91 Å². The average Bonchev–Trinajstić information content (AvgIpc) is 2.62. The maximum Gasteiger partial charge on any atom is 0.253 e. The number of rotatable bonds is 4. The predicted octanol–water partition coefficient (Wildman–Crippen LogP) is 2.96. The van der Waals surface area contributed by atoms with Crippen LogP contribution in [0.4, 0.5) is 4.39 Å². The molecule has 3 rings (SSSR count). The standard InChI is InChI=1S/C19H22FN3O/c1-22(19(24)16-3-2-4-17(20)13-16)18-7-11-23(12-8-18)14-15-5-9-21-10-6-15/h2-6,9-10,13,18H,7-8,11-12,14H2,1H3. The predicted molar refractivity (Wildman–Crippen MR) is 91.0 cm³/mol. The first-order valence-corrected chi connectivity index (χ1v) is 8.27. The third-order valence-electron chi connectivity index (χ3n) is 4.65. The average molecular weight is 327 g/mol. The molecule has 0 radical (unpaired) electrons. The molecule has 2 aromatic rings. The summed E-state index contributed by atoms with van der Waals surface area (Å²) in [6, 6.07) is 10.2. The molecule has 1 aromatic heterocycles. The molecular weight excluding hydrogens is 305 g/mol. The highest BCUT2D eigenvalue weighted by Crippen LogP contribution is 2.19. The largest absolute Gasteiger partial charge is 0.339 e. The fourth-order valence-electron chi connectivity index (χ4n) is 3.20. The van der Waals surface area contributed by atoms with Gasteiger partial charge in [-0.1, -0.05) is 6.07 Å². The number of piperidine rings is 1. The highest BCUT2D eigenvalue weighted by Gasteiger charge is 2.26. The van der Waals surface area contributed by atoms with Gasteiger partial charge in [0.2, 0.25) is 0 Å². The SMILES string of the molecule is CN(C(=O)c1cccc(F)c1)C1CCN(Cc2ccncc2)CC1. The van der Waals surface area contributed by atoms with Crippen LogP contribution in [-0.2, 0) is 6.54 Å². The molecule has 1 aliphatic heterocycles. The number of nitrogens with zero attached hydrogens (tertiary/aromatic N) is 3. The van der Waals surface area contributed by atoms with Crippen LogP contribution in [0.15, 0.2) is 48.8 Å². The van der Waals surface area contributed by atoms with Crippen LogP contribution >= 0.6 is 0 Å². The second-order valence-electron chi connectivity index (χ2n) is 6.29. The lowest BCUT2D eigenvalue weighted by molar-refractivity contribution is 0.0636. The van der Waals surface area contributed by atoms with Gasteiger partial charge in [0, 0.05) is 50.7 Å².